The molecule has 2 N–H and O–H groups in total. The van der Waals surface area contributed by atoms with Crippen LogP contribution in [-0.4, -0.2) is 36.6 Å². The molecule has 0 radical (unpaired) electrons. The van der Waals surface area contributed by atoms with Crippen LogP contribution in [0.3, 0.4) is 0 Å². The molecule has 0 bridgehead atoms. The molecule has 0 saturated heterocycles. The molecule has 4 nitrogen and oxygen atoms in total. The summed E-state index contributed by atoms with van der Waals surface area (Å²) in [6, 6.07) is 11.0. The SMILES string of the molecule is CCOC(=O)CN(C1CC1)C(CCN)c1ccccc1. The van der Waals surface area contributed by atoms with Crippen molar-refractivity contribution in [3.8, 4) is 0 Å². The summed E-state index contributed by atoms with van der Waals surface area (Å²) in [5.41, 5.74) is 7.00. The van der Waals surface area contributed by atoms with Crippen LogP contribution in [0.15, 0.2) is 30.3 Å². The second-order valence-corrected chi connectivity index (χ2v) is 5.21. The van der Waals surface area contributed by atoms with Crippen molar-refractivity contribution in [2.45, 2.75) is 38.3 Å². The third-order valence-corrected chi connectivity index (χ3v) is 3.66. The first-order valence-corrected chi connectivity index (χ1v) is 7.42. The molecule has 2 rings (SSSR count). The highest BCUT2D eigenvalue weighted by atomic mass is 16.5. The van der Waals surface area contributed by atoms with Gasteiger partial charge in [-0.25, -0.2) is 0 Å². The summed E-state index contributed by atoms with van der Waals surface area (Å²) in [5.74, 6) is -0.141. The zero-order chi connectivity index (χ0) is 14.4. The summed E-state index contributed by atoms with van der Waals surface area (Å²) >= 11 is 0. The number of nitrogens with two attached hydrogens (primary N) is 1. The average Bonchev–Trinajstić information content (AvgIpc) is 3.28. The largest absolute Gasteiger partial charge is 0.465 e. The minimum Gasteiger partial charge on any atom is -0.465 e. The van der Waals surface area contributed by atoms with Crippen molar-refractivity contribution in [1.29, 1.82) is 0 Å². The van der Waals surface area contributed by atoms with E-state index in [1.165, 1.54) is 5.56 Å². The van der Waals surface area contributed by atoms with E-state index in [2.05, 4.69) is 17.0 Å². The van der Waals surface area contributed by atoms with Crippen molar-refractivity contribution in [3.63, 3.8) is 0 Å². The molecule has 0 amide bonds. The molecule has 110 valence electrons. The molecule has 1 unspecified atom stereocenters. The molecule has 20 heavy (non-hydrogen) atoms. The van der Waals surface area contributed by atoms with Gasteiger partial charge in [0.2, 0.25) is 0 Å². The molecule has 1 atom stereocenters. The van der Waals surface area contributed by atoms with Crippen molar-refractivity contribution < 1.29 is 9.53 Å². The summed E-state index contributed by atoms with van der Waals surface area (Å²) < 4.78 is 5.10. The van der Waals surface area contributed by atoms with E-state index in [9.17, 15) is 4.79 Å². The molecule has 1 aromatic rings. The number of carbonyl (C=O) groups is 1. The van der Waals surface area contributed by atoms with Gasteiger partial charge in [-0.1, -0.05) is 30.3 Å². The number of rotatable bonds is 8. The maximum absolute atomic E-state index is 11.8. The fourth-order valence-electron chi connectivity index (χ4n) is 2.61. The van der Waals surface area contributed by atoms with Gasteiger partial charge >= 0.3 is 5.97 Å². The van der Waals surface area contributed by atoms with Gasteiger partial charge in [-0.3, -0.25) is 9.69 Å². The summed E-state index contributed by atoms with van der Waals surface area (Å²) in [6.45, 7) is 3.25. The van der Waals surface area contributed by atoms with Crippen molar-refractivity contribution in [2.24, 2.45) is 5.73 Å². The molecule has 1 saturated carbocycles. The fourth-order valence-corrected chi connectivity index (χ4v) is 2.61. The molecule has 1 aliphatic carbocycles. The van der Waals surface area contributed by atoms with Crippen molar-refractivity contribution in [1.82, 2.24) is 4.90 Å². The Bertz CT molecular complexity index is 418. The molecular formula is C16H24N2O2. The van der Waals surface area contributed by atoms with E-state index in [1.807, 2.05) is 25.1 Å². The van der Waals surface area contributed by atoms with Crippen LogP contribution in [0.1, 0.15) is 37.8 Å². The Morgan fingerprint density at radius 1 is 1.40 bits per heavy atom. The van der Waals surface area contributed by atoms with Crippen LogP contribution < -0.4 is 5.73 Å². The maximum Gasteiger partial charge on any atom is 0.320 e. The van der Waals surface area contributed by atoms with Gasteiger partial charge in [0.15, 0.2) is 0 Å². The monoisotopic (exact) mass is 276 g/mol. The second kappa shape index (κ2) is 7.41. The molecule has 4 heteroatoms. The van der Waals surface area contributed by atoms with E-state index in [1.54, 1.807) is 0 Å². The van der Waals surface area contributed by atoms with Gasteiger partial charge in [0.1, 0.15) is 0 Å². The lowest BCUT2D eigenvalue weighted by molar-refractivity contribution is -0.145. The highest BCUT2D eigenvalue weighted by Crippen LogP contribution is 2.35. The minimum atomic E-state index is -0.141. The predicted molar refractivity (Wildman–Crippen MR) is 79.2 cm³/mol. The zero-order valence-corrected chi connectivity index (χ0v) is 12.1. The van der Waals surface area contributed by atoms with Crippen LogP contribution in [0.25, 0.3) is 0 Å². The highest BCUT2D eigenvalue weighted by molar-refractivity contribution is 5.71. The zero-order valence-electron chi connectivity index (χ0n) is 12.1. The van der Waals surface area contributed by atoms with Crippen LogP contribution >= 0.6 is 0 Å². The third-order valence-electron chi connectivity index (χ3n) is 3.66. The Kier molecular flexibility index (Phi) is 5.56. The number of nitrogens with zero attached hydrogens (tertiary/aromatic N) is 1. The number of esters is 1. The predicted octanol–water partition coefficient (Wildman–Crippen LogP) is 2.10. The molecule has 1 aromatic carbocycles. The molecule has 1 aliphatic rings. The first kappa shape index (κ1) is 15.0. The van der Waals surface area contributed by atoms with Gasteiger partial charge in [0.25, 0.3) is 0 Å². The number of benzene rings is 1. The van der Waals surface area contributed by atoms with Gasteiger partial charge in [0, 0.05) is 12.1 Å². The summed E-state index contributed by atoms with van der Waals surface area (Å²) in [7, 11) is 0. The Morgan fingerprint density at radius 3 is 2.65 bits per heavy atom. The lowest BCUT2D eigenvalue weighted by Crippen LogP contribution is -2.37. The first-order chi connectivity index (χ1) is 9.76. The molecule has 0 aliphatic heterocycles. The second-order valence-electron chi connectivity index (χ2n) is 5.21. The van der Waals surface area contributed by atoms with Gasteiger partial charge in [-0.05, 0) is 38.3 Å². The molecule has 1 fully saturated rings. The highest BCUT2D eigenvalue weighted by Gasteiger charge is 2.35. The van der Waals surface area contributed by atoms with Crippen molar-refractivity contribution in [2.75, 3.05) is 19.7 Å². The molecular weight excluding hydrogens is 252 g/mol. The van der Waals surface area contributed by atoms with E-state index >= 15 is 0 Å². The van der Waals surface area contributed by atoms with E-state index in [-0.39, 0.29) is 12.0 Å². The average molecular weight is 276 g/mol. The van der Waals surface area contributed by atoms with E-state index in [0.717, 1.165) is 19.3 Å². The lowest BCUT2D eigenvalue weighted by atomic mass is 10.0. The normalized spacial score (nSPS) is 16.1. The maximum atomic E-state index is 11.8. The summed E-state index contributed by atoms with van der Waals surface area (Å²) in [5, 5.41) is 0. The topological polar surface area (TPSA) is 55.6 Å². The third kappa shape index (κ3) is 4.05. The number of hydrogen-bond acceptors (Lipinski definition) is 4. The van der Waals surface area contributed by atoms with Crippen LogP contribution in [0.2, 0.25) is 0 Å². The number of ether oxygens (including phenoxy) is 1. The Labute approximate surface area is 120 Å². The van der Waals surface area contributed by atoms with Gasteiger partial charge in [-0.15, -0.1) is 0 Å². The smallest absolute Gasteiger partial charge is 0.320 e. The molecule has 0 aromatic heterocycles. The lowest BCUT2D eigenvalue weighted by Gasteiger charge is -2.31. The van der Waals surface area contributed by atoms with Gasteiger partial charge < -0.3 is 10.5 Å². The van der Waals surface area contributed by atoms with Crippen LogP contribution in [0.5, 0.6) is 0 Å². The van der Waals surface area contributed by atoms with E-state index < -0.39 is 0 Å². The Hall–Kier alpha value is -1.39. The van der Waals surface area contributed by atoms with Gasteiger partial charge in [0.05, 0.1) is 13.2 Å². The first-order valence-electron chi connectivity index (χ1n) is 7.42. The van der Waals surface area contributed by atoms with E-state index in [4.69, 9.17) is 10.5 Å². The van der Waals surface area contributed by atoms with Crippen LogP contribution in [-0.2, 0) is 9.53 Å². The number of carbonyl (C=O) groups excluding carboxylic acids is 1. The van der Waals surface area contributed by atoms with Crippen molar-refractivity contribution >= 4 is 5.97 Å². The minimum absolute atomic E-state index is 0.141. The van der Waals surface area contributed by atoms with E-state index in [0.29, 0.717) is 25.7 Å². The quantitative estimate of drug-likeness (QED) is 0.739. The Morgan fingerprint density at radius 2 is 2.10 bits per heavy atom. The molecule has 0 heterocycles. The standard InChI is InChI=1S/C16H24N2O2/c1-2-20-16(19)12-18(14-8-9-14)15(10-11-17)13-6-4-3-5-7-13/h3-7,14-15H,2,8-12,17H2,1H3. The van der Waals surface area contributed by atoms with Crippen LogP contribution in [0.4, 0.5) is 0 Å². The summed E-state index contributed by atoms with van der Waals surface area (Å²) in [6.07, 6.45) is 3.18. The van der Waals surface area contributed by atoms with Gasteiger partial charge in [-0.2, -0.15) is 0 Å². The summed E-state index contributed by atoms with van der Waals surface area (Å²) in [4.78, 5) is 14.1. The van der Waals surface area contributed by atoms with Crippen LogP contribution in [0, 0.1) is 0 Å². The van der Waals surface area contributed by atoms with Crippen molar-refractivity contribution in [3.05, 3.63) is 35.9 Å². The number of hydrogen-bond donors (Lipinski definition) is 1. The Balaban J connectivity index is 2.13. The molecule has 0 spiro atoms. The fraction of sp³-hybridized carbons (Fsp3) is 0.562.